The molecular weight excluding hydrogens is 310 g/mol. The van der Waals surface area contributed by atoms with Crippen LogP contribution in [0.5, 0.6) is 0 Å². The molecule has 0 atom stereocenters. The molecule has 0 saturated heterocycles. The fourth-order valence-corrected chi connectivity index (χ4v) is 3.28. The summed E-state index contributed by atoms with van der Waals surface area (Å²) < 4.78 is 27.5. The molecule has 21 heavy (non-hydrogen) atoms. The molecular formula is C14H16ClN3O2S. The first-order valence-corrected chi connectivity index (χ1v) is 8.01. The Morgan fingerprint density at radius 1 is 1.14 bits per heavy atom. The van der Waals surface area contributed by atoms with Gasteiger partial charge in [0.15, 0.2) is 0 Å². The predicted molar refractivity (Wildman–Crippen MR) is 87.4 cm³/mol. The molecule has 0 spiro atoms. The van der Waals surface area contributed by atoms with Gasteiger partial charge in [0, 0.05) is 19.1 Å². The Bertz CT molecular complexity index is 761. The fourth-order valence-electron chi connectivity index (χ4n) is 1.91. The van der Waals surface area contributed by atoms with Crippen LogP contribution in [-0.2, 0) is 10.0 Å². The summed E-state index contributed by atoms with van der Waals surface area (Å²) in [5, 5.41) is 0.389. The van der Waals surface area contributed by atoms with Gasteiger partial charge in [0.05, 0.1) is 17.1 Å². The number of nitrogens with two attached hydrogens (primary N) is 1. The van der Waals surface area contributed by atoms with Crippen LogP contribution in [0.3, 0.4) is 0 Å². The number of para-hydroxylation sites is 2. The van der Waals surface area contributed by atoms with Crippen LogP contribution < -0.4 is 15.4 Å². The number of nitrogens with one attached hydrogen (secondary N) is 1. The maximum Gasteiger partial charge on any atom is 0.264 e. The molecule has 2 aromatic rings. The molecule has 112 valence electrons. The Hall–Kier alpha value is -1.92. The summed E-state index contributed by atoms with van der Waals surface area (Å²) in [6.07, 6.45) is 0. The molecule has 0 bridgehead atoms. The highest BCUT2D eigenvalue weighted by Crippen LogP contribution is 2.29. The molecule has 0 aliphatic rings. The Labute approximate surface area is 129 Å². The summed E-state index contributed by atoms with van der Waals surface area (Å²) in [5.74, 6) is 0. The number of halogens is 1. The standard InChI is InChI=1S/C14H16ClN3O2S/c1-18(2)13-6-4-3-5-12(13)17-21(19,20)14-8-7-10(15)9-11(14)16/h3-9,17H,16H2,1-2H3. The van der Waals surface area contributed by atoms with Gasteiger partial charge in [-0.2, -0.15) is 0 Å². The first-order chi connectivity index (χ1) is 9.81. The lowest BCUT2D eigenvalue weighted by atomic mass is 10.2. The molecule has 0 unspecified atom stereocenters. The zero-order valence-electron chi connectivity index (χ0n) is 11.7. The molecule has 0 saturated carbocycles. The molecule has 0 heterocycles. The lowest BCUT2D eigenvalue weighted by Crippen LogP contribution is -2.18. The monoisotopic (exact) mass is 325 g/mol. The summed E-state index contributed by atoms with van der Waals surface area (Å²) >= 11 is 5.79. The molecule has 0 aliphatic heterocycles. The smallest absolute Gasteiger partial charge is 0.264 e. The molecule has 0 aromatic heterocycles. The number of rotatable bonds is 4. The first-order valence-electron chi connectivity index (χ1n) is 6.15. The number of hydrogen-bond donors (Lipinski definition) is 2. The SMILES string of the molecule is CN(C)c1ccccc1NS(=O)(=O)c1ccc(Cl)cc1N. The Morgan fingerprint density at radius 2 is 1.81 bits per heavy atom. The summed E-state index contributed by atoms with van der Waals surface area (Å²) in [6.45, 7) is 0. The third kappa shape index (κ3) is 3.40. The third-order valence-electron chi connectivity index (χ3n) is 2.89. The van der Waals surface area contributed by atoms with Gasteiger partial charge < -0.3 is 10.6 Å². The van der Waals surface area contributed by atoms with Crippen LogP contribution in [0.2, 0.25) is 5.02 Å². The lowest BCUT2D eigenvalue weighted by molar-refractivity contribution is 0.601. The van der Waals surface area contributed by atoms with Crippen molar-refractivity contribution in [2.45, 2.75) is 4.90 Å². The molecule has 0 fully saturated rings. The van der Waals surface area contributed by atoms with Crippen molar-refractivity contribution in [1.82, 2.24) is 0 Å². The van der Waals surface area contributed by atoms with Crippen molar-refractivity contribution < 1.29 is 8.42 Å². The Morgan fingerprint density at radius 3 is 2.43 bits per heavy atom. The van der Waals surface area contributed by atoms with Crippen molar-refractivity contribution in [3.05, 3.63) is 47.5 Å². The highest BCUT2D eigenvalue weighted by molar-refractivity contribution is 7.92. The van der Waals surface area contributed by atoms with Gasteiger partial charge in [-0.25, -0.2) is 8.42 Å². The van der Waals surface area contributed by atoms with Gasteiger partial charge in [0.2, 0.25) is 0 Å². The largest absolute Gasteiger partial charge is 0.398 e. The fraction of sp³-hybridized carbons (Fsp3) is 0.143. The van der Waals surface area contributed by atoms with Crippen molar-refractivity contribution in [3.63, 3.8) is 0 Å². The van der Waals surface area contributed by atoms with E-state index in [1.807, 2.05) is 31.1 Å². The van der Waals surface area contributed by atoms with Crippen molar-refractivity contribution in [2.75, 3.05) is 29.5 Å². The van der Waals surface area contributed by atoms with Crippen LogP contribution in [0.1, 0.15) is 0 Å². The topological polar surface area (TPSA) is 75.4 Å². The van der Waals surface area contributed by atoms with Crippen LogP contribution in [-0.4, -0.2) is 22.5 Å². The molecule has 3 N–H and O–H groups in total. The van der Waals surface area contributed by atoms with Gasteiger partial charge >= 0.3 is 0 Å². The molecule has 7 heteroatoms. The number of anilines is 3. The van der Waals surface area contributed by atoms with Crippen LogP contribution in [0.25, 0.3) is 0 Å². The molecule has 0 radical (unpaired) electrons. The minimum absolute atomic E-state index is 0.000425. The van der Waals surface area contributed by atoms with E-state index in [1.54, 1.807) is 12.1 Å². The Balaban J connectivity index is 2.43. The van der Waals surface area contributed by atoms with E-state index < -0.39 is 10.0 Å². The normalized spacial score (nSPS) is 11.2. The average Bonchev–Trinajstić information content (AvgIpc) is 2.37. The molecule has 2 aromatic carbocycles. The number of nitrogens with zero attached hydrogens (tertiary/aromatic N) is 1. The second-order valence-electron chi connectivity index (χ2n) is 4.70. The van der Waals surface area contributed by atoms with E-state index in [0.29, 0.717) is 10.7 Å². The first kappa shape index (κ1) is 15.5. The predicted octanol–water partition coefficient (Wildman–Crippen LogP) is 2.79. The van der Waals surface area contributed by atoms with Gasteiger partial charge in [-0.05, 0) is 30.3 Å². The van der Waals surface area contributed by atoms with Crippen LogP contribution >= 0.6 is 11.6 Å². The van der Waals surface area contributed by atoms with Gasteiger partial charge in [0.1, 0.15) is 4.90 Å². The molecule has 2 rings (SSSR count). The quantitative estimate of drug-likeness (QED) is 0.848. The summed E-state index contributed by atoms with van der Waals surface area (Å²) in [7, 11) is -0.103. The van der Waals surface area contributed by atoms with Crippen LogP contribution in [0.4, 0.5) is 17.1 Å². The van der Waals surface area contributed by atoms with Crippen LogP contribution in [0.15, 0.2) is 47.4 Å². The zero-order valence-corrected chi connectivity index (χ0v) is 13.2. The van der Waals surface area contributed by atoms with E-state index in [-0.39, 0.29) is 10.6 Å². The van der Waals surface area contributed by atoms with Crippen molar-refractivity contribution in [3.8, 4) is 0 Å². The molecule has 5 nitrogen and oxygen atoms in total. The molecule has 0 aliphatic carbocycles. The third-order valence-corrected chi connectivity index (χ3v) is 4.57. The van der Waals surface area contributed by atoms with Gasteiger partial charge in [0.25, 0.3) is 10.0 Å². The van der Waals surface area contributed by atoms with E-state index in [4.69, 9.17) is 17.3 Å². The summed E-state index contributed by atoms with van der Waals surface area (Å²) in [5.41, 5.74) is 7.09. The summed E-state index contributed by atoms with van der Waals surface area (Å²) in [4.78, 5) is 1.82. The molecule has 0 amide bonds. The van der Waals surface area contributed by atoms with Crippen molar-refractivity contribution >= 4 is 38.7 Å². The van der Waals surface area contributed by atoms with Gasteiger partial charge in [-0.15, -0.1) is 0 Å². The minimum Gasteiger partial charge on any atom is -0.398 e. The van der Waals surface area contributed by atoms with Crippen molar-refractivity contribution in [1.29, 1.82) is 0 Å². The lowest BCUT2D eigenvalue weighted by Gasteiger charge is -2.18. The maximum atomic E-state index is 12.5. The van der Waals surface area contributed by atoms with E-state index in [9.17, 15) is 8.42 Å². The maximum absolute atomic E-state index is 12.5. The van der Waals surface area contributed by atoms with E-state index >= 15 is 0 Å². The number of hydrogen-bond acceptors (Lipinski definition) is 4. The highest BCUT2D eigenvalue weighted by Gasteiger charge is 2.19. The average molecular weight is 326 g/mol. The van der Waals surface area contributed by atoms with E-state index in [2.05, 4.69) is 4.72 Å². The Kier molecular flexibility index (Phi) is 4.29. The zero-order chi connectivity index (χ0) is 15.6. The minimum atomic E-state index is -3.78. The number of nitrogen functional groups attached to an aromatic ring is 1. The van der Waals surface area contributed by atoms with E-state index in [1.165, 1.54) is 18.2 Å². The highest BCUT2D eigenvalue weighted by atomic mass is 35.5. The second kappa shape index (κ2) is 5.83. The van der Waals surface area contributed by atoms with Crippen LogP contribution in [0, 0.1) is 0 Å². The van der Waals surface area contributed by atoms with Gasteiger partial charge in [-0.3, -0.25) is 4.72 Å². The number of benzene rings is 2. The second-order valence-corrected chi connectivity index (χ2v) is 6.79. The number of sulfonamides is 1. The van der Waals surface area contributed by atoms with Crippen molar-refractivity contribution in [2.24, 2.45) is 0 Å². The van der Waals surface area contributed by atoms with E-state index in [0.717, 1.165) is 5.69 Å². The van der Waals surface area contributed by atoms with Gasteiger partial charge in [-0.1, -0.05) is 23.7 Å². The summed E-state index contributed by atoms with van der Waals surface area (Å²) in [6, 6.07) is 11.4.